The summed E-state index contributed by atoms with van der Waals surface area (Å²) in [5.74, 6) is 0.518. The van der Waals surface area contributed by atoms with E-state index in [1.54, 1.807) is 12.3 Å². The molecule has 0 aliphatic carbocycles. The molecular formula is C18H20FN5O2. The number of likely N-dealkylation sites (tertiary alicyclic amines) is 1. The molecule has 1 amide bonds. The average molecular weight is 357 g/mol. The lowest BCUT2D eigenvalue weighted by atomic mass is 9.95. The number of imidazole rings is 1. The number of H-pyrrole nitrogens is 2. The van der Waals surface area contributed by atoms with Crippen molar-refractivity contribution in [1.82, 2.24) is 25.1 Å². The molecule has 136 valence electrons. The molecule has 26 heavy (non-hydrogen) atoms. The summed E-state index contributed by atoms with van der Waals surface area (Å²) >= 11 is 0. The summed E-state index contributed by atoms with van der Waals surface area (Å²) in [7, 11) is 0. The third kappa shape index (κ3) is 3.60. The minimum atomic E-state index is -0.319. The monoisotopic (exact) mass is 357 g/mol. The smallest absolute Gasteiger partial charge is 0.248 e. The Hall–Kier alpha value is -2.74. The first kappa shape index (κ1) is 16.7. The second-order valence-corrected chi connectivity index (χ2v) is 6.53. The van der Waals surface area contributed by atoms with Gasteiger partial charge < -0.3 is 14.6 Å². The van der Waals surface area contributed by atoms with E-state index in [0.29, 0.717) is 29.3 Å². The Morgan fingerprint density at radius 2 is 2.31 bits per heavy atom. The predicted octanol–water partition coefficient (Wildman–Crippen LogP) is 2.35. The van der Waals surface area contributed by atoms with Gasteiger partial charge in [0.05, 0.1) is 11.0 Å². The number of rotatable bonds is 5. The van der Waals surface area contributed by atoms with Gasteiger partial charge in [-0.3, -0.25) is 9.89 Å². The molecule has 1 saturated heterocycles. The number of ether oxygens (including phenoxy) is 1. The summed E-state index contributed by atoms with van der Waals surface area (Å²) in [6.45, 7) is 1.60. The molecule has 8 heteroatoms. The van der Waals surface area contributed by atoms with E-state index in [-0.39, 0.29) is 24.9 Å². The molecule has 0 spiro atoms. The largest absolute Gasteiger partial charge is 0.364 e. The van der Waals surface area contributed by atoms with Gasteiger partial charge in [-0.1, -0.05) is 0 Å². The molecule has 0 bridgehead atoms. The predicted molar refractivity (Wildman–Crippen MR) is 92.9 cm³/mol. The van der Waals surface area contributed by atoms with Crippen LogP contribution in [-0.4, -0.2) is 50.7 Å². The number of halogens is 1. The Kier molecular flexibility index (Phi) is 4.66. The minimum absolute atomic E-state index is 0.00109. The van der Waals surface area contributed by atoms with Crippen LogP contribution in [0.4, 0.5) is 4.39 Å². The molecule has 1 aromatic carbocycles. The number of carbonyl (C=O) groups excluding carboxylic acids is 1. The molecule has 2 N–H and O–H groups in total. The van der Waals surface area contributed by atoms with Crippen LogP contribution in [0.2, 0.25) is 0 Å². The third-order valence-electron chi connectivity index (χ3n) is 4.69. The number of fused-ring (bicyclic) bond motifs is 1. The van der Waals surface area contributed by atoms with Gasteiger partial charge in [-0.2, -0.15) is 5.10 Å². The Balaban J connectivity index is 1.30. The van der Waals surface area contributed by atoms with Crippen LogP contribution in [0.3, 0.4) is 0 Å². The van der Waals surface area contributed by atoms with Crippen LogP contribution in [-0.2, 0) is 16.1 Å². The number of benzene rings is 1. The standard InChI is InChI=1S/C18H20FN5O2/c19-13-3-4-15-16(8-13)22-17(21-15)10-26-11-18(25)24-7-1-2-12(9-24)14-5-6-20-23-14/h3-6,8,12H,1-2,7,9-11H2,(H,20,23)(H,21,22). The molecule has 3 heterocycles. The second-order valence-electron chi connectivity index (χ2n) is 6.53. The number of carbonyl (C=O) groups is 1. The van der Waals surface area contributed by atoms with Gasteiger partial charge in [0, 0.05) is 30.9 Å². The van der Waals surface area contributed by atoms with Gasteiger partial charge in [0.25, 0.3) is 0 Å². The molecule has 1 fully saturated rings. The lowest BCUT2D eigenvalue weighted by molar-refractivity contribution is -0.137. The summed E-state index contributed by atoms with van der Waals surface area (Å²) in [5.41, 5.74) is 2.36. The van der Waals surface area contributed by atoms with E-state index in [1.165, 1.54) is 12.1 Å². The van der Waals surface area contributed by atoms with Gasteiger partial charge in [-0.05, 0) is 37.1 Å². The molecule has 1 aliphatic rings. The lowest BCUT2D eigenvalue weighted by Crippen LogP contribution is -2.41. The molecule has 1 atom stereocenters. The SMILES string of the molecule is O=C(COCc1nc2ccc(F)cc2[nH]1)N1CCCC(c2ccn[nH]2)C1. The zero-order valence-corrected chi connectivity index (χ0v) is 14.2. The van der Waals surface area contributed by atoms with Crippen molar-refractivity contribution in [2.75, 3.05) is 19.7 Å². The van der Waals surface area contributed by atoms with Crippen LogP contribution in [0.1, 0.15) is 30.3 Å². The Bertz CT molecular complexity index is 892. The maximum atomic E-state index is 13.2. The van der Waals surface area contributed by atoms with Gasteiger partial charge in [0.2, 0.25) is 5.91 Å². The fourth-order valence-corrected chi connectivity index (χ4v) is 3.38. The lowest BCUT2D eigenvalue weighted by Gasteiger charge is -2.32. The van der Waals surface area contributed by atoms with Gasteiger partial charge in [-0.25, -0.2) is 9.37 Å². The second kappa shape index (κ2) is 7.25. The van der Waals surface area contributed by atoms with Crippen molar-refractivity contribution in [3.63, 3.8) is 0 Å². The van der Waals surface area contributed by atoms with Crippen LogP contribution in [0.5, 0.6) is 0 Å². The molecule has 4 rings (SSSR count). The molecule has 2 aromatic heterocycles. The maximum Gasteiger partial charge on any atom is 0.248 e. The molecular weight excluding hydrogens is 337 g/mol. The van der Waals surface area contributed by atoms with Crippen molar-refractivity contribution in [3.8, 4) is 0 Å². The van der Waals surface area contributed by atoms with Crippen molar-refractivity contribution in [2.45, 2.75) is 25.4 Å². The van der Waals surface area contributed by atoms with E-state index in [0.717, 1.165) is 25.1 Å². The number of nitrogens with zero attached hydrogens (tertiary/aromatic N) is 3. The number of hydrogen-bond acceptors (Lipinski definition) is 4. The summed E-state index contributed by atoms with van der Waals surface area (Å²) in [5, 5.41) is 6.98. The molecule has 7 nitrogen and oxygen atoms in total. The summed E-state index contributed by atoms with van der Waals surface area (Å²) in [6, 6.07) is 6.32. The van der Waals surface area contributed by atoms with Gasteiger partial charge in [0.15, 0.2) is 0 Å². The Labute approximate surface area is 149 Å². The molecule has 0 saturated carbocycles. The van der Waals surface area contributed by atoms with Gasteiger partial charge in [-0.15, -0.1) is 0 Å². The number of nitrogens with one attached hydrogen (secondary N) is 2. The third-order valence-corrected chi connectivity index (χ3v) is 4.69. The number of aromatic amines is 2. The van der Waals surface area contributed by atoms with Gasteiger partial charge in [0.1, 0.15) is 24.9 Å². The van der Waals surface area contributed by atoms with Crippen molar-refractivity contribution in [3.05, 3.63) is 47.8 Å². The highest BCUT2D eigenvalue weighted by Crippen LogP contribution is 2.25. The number of aromatic nitrogens is 4. The zero-order valence-electron chi connectivity index (χ0n) is 14.2. The maximum absolute atomic E-state index is 13.2. The van der Waals surface area contributed by atoms with Crippen molar-refractivity contribution >= 4 is 16.9 Å². The highest BCUT2D eigenvalue weighted by molar-refractivity contribution is 5.77. The normalized spacial score (nSPS) is 17.7. The number of piperidine rings is 1. The zero-order chi connectivity index (χ0) is 17.9. The Morgan fingerprint density at radius 3 is 3.15 bits per heavy atom. The molecule has 1 aliphatic heterocycles. The van der Waals surface area contributed by atoms with Crippen molar-refractivity contribution in [2.24, 2.45) is 0 Å². The van der Waals surface area contributed by atoms with E-state index in [1.807, 2.05) is 11.0 Å². The highest BCUT2D eigenvalue weighted by Gasteiger charge is 2.25. The quantitative estimate of drug-likeness (QED) is 0.734. The molecule has 0 radical (unpaired) electrons. The van der Waals surface area contributed by atoms with E-state index in [2.05, 4.69) is 20.2 Å². The topological polar surface area (TPSA) is 86.9 Å². The first-order chi connectivity index (χ1) is 12.7. The van der Waals surface area contributed by atoms with Crippen molar-refractivity contribution in [1.29, 1.82) is 0 Å². The fraction of sp³-hybridized carbons (Fsp3) is 0.389. The van der Waals surface area contributed by atoms with Crippen LogP contribution in [0.15, 0.2) is 30.5 Å². The number of amides is 1. The van der Waals surface area contributed by atoms with Crippen LogP contribution < -0.4 is 0 Å². The number of hydrogen-bond donors (Lipinski definition) is 2. The van der Waals surface area contributed by atoms with E-state index >= 15 is 0 Å². The first-order valence-electron chi connectivity index (χ1n) is 8.68. The molecule has 1 unspecified atom stereocenters. The van der Waals surface area contributed by atoms with Crippen LogP contribution in [0.25, 0.3) is 11.0 Å². The fourth-order valence-electron chi connectivity index (χ4n) is 3.38. The summed E-state index contributed by atoms with van der Waals surface area (Å²) in [4.78, 5) is 21.6. The van der Waals surface area contributed by atoms with Crippen LogP contribution in [0, 0.1) is 5.82 Å². The first-order valence-corrected chi connectivity index (χ1v) is 8.68. The molecule has 3 aromatic rings. The summed E-state index contributed by atoms with van der Waals surface area (Å²) in [6.07, 6.45) is 3.74. The summed E-state index contributed by atoms with van der Waals surface area (Å²) < 4.78 is 18.7. The van der Waals surface area contributed by atoms with E-state index < -0.39 is 0 Å². The van der Waals surface area contributed by atoms with Crippen molar-refractivity contribution < 1.29 is 13.9 Å². The Morgan fingerprint density at radius 1 is 1.38 bits per heavy atom. The highest BCUT2D eigenvalue weighted by atomic mass is 19.1. The minimum Gasteiger partial charge on any atom is -0.364 e. The average Bonchev–Trinajstić information content (AvgIpc) is 3.31. The van der Waals surface area contributed by atoms with Gasteiger partial charge >= 0.3 is 0 Å². The van der Waals surface area contributed by atoms with Crippen LogP contribution >= 0.6 is 0 Å². The van der Waals surface area contributed by atoms with E-state index in [4.69, 9.17) is 4.74 Å². The van der Waals surface area contributed by atoms with E-state index in [9.17, 15) is 9.18 Å².